The molecule has 0 bridgehead atoms. The van der Waals surface area contributed by atoms with E-state index in [1.54, 1.807) is 0 Å². The second kappa shape index (κ2) is 8.26. The number of amides is 5. The van der Waals surface area contributed by atoms with Crippen molar-refractivity contribution in [1.82, 2.24) is 14.7 Å². The maximum absolute atomic E-state index is 11.1. The summed E-state index contributed by atoms with van der Waals surface area (Å²) in [5.41, 5.74) is 0. The number of carboxylic acid groups (broad SMARTS) is 5. The third-order valence-corrected chi connectivity index (χ3v) is 2.71. The molecule has 130 valence electrons. The zero-order valence-corrected chi connectivity index (χ0v) is 11.8. The van der Waals surface area contributed by atoms with Crippen LogP contribution in [0.2, 0.25) is 0 Å². The predicted molar refractivity (Wildman–Crippen MR) is 69.7 cm³/mol. The van der Waals surface area contributed by atoms with Crippen LogP contribution in [0.25, 0.3) is 0 Å². The Bertz CT molecular complexity index is 479. The van der Waals surface area contributed by atoms with E-state index in [0.29, 0.717) is 4.90 Å². The Morgan fingerprint density at radius 2 is 1.09 bits per heavy atom. The molecule has 1 atom stereocenters. The molecule has 0 fully saturated rings. The topological polar surface area (TPSA) is 196 Å². The number of hydrogen-bond donors (Lipinski definition) is 5. The van der Waals surface area contributed by atoms with Crippen molar-refractivity contribution in [2.45, 2.75) is 13.0 Å². The van der Waals surface area contributed by atoms with Crippen molar-refractivity contribution in [2.24, 2.45) is 0 Å². The van der Waals surface area contributed by atoms with E-state index < -0.39 is 56.1 Å². The molecule has 23 heavy (non-hydrogen) atoms. The van der Waals surface area contributed by atoms with Crippen LogP contribution in [0.15, 0.2) is 0 Å². The first kappa shape index (κ1) is 19.8. The lowest BCUT2D eigenvalue weighted by molar-refractivity contribution is 0.0872. The van der Waals surface area contributed by atoms with Crippen LogP contribution in [0.1, 0.15) is 6.92 Å². The van der Waals surface area contributed by atoms with Gasteiger partial charge in [-0.25, -0.2) is 33.8 Å². The van der Waals surface area contributed by atoms with Gasteiger partial charge in [0.15, 0.2) is 0 Å². The summed E-state index contributed by atoms with van der Waals surface area (Å²) >= 11 is 0. The summed E-state index contributed by atoms with van der Waals surface area (Å²) < 4.78 is 0. The van der Waals surface area contributed by atoms with E-state index in [4.69, 9.17) is 25.5 Å². The fourth-order valence-electron chi connectivity index (χ4n) is 1.59. The standard InChI is InChI=1S/C10H15N3O10/c1-5(4-13(9(20)21)10(22)23)11(6(14)15)2-3-12(7(16)17)8(18)19/h5H,2-4H2,1H3,(H,14,15)(H,16,17)(H,18,19)(H,20,21)(H,22,23). The van der Waals surface area contributed by atoms with Crippen LogP contribution in [-0.2, 0) is 0 Å². The highest BCUT2D eigenvalue weighted by atomic mass is 16.4. The molecule has 0 aliphatic heterocycles. The lowest BCUT2D eigenvalue weighted by Crippen LogP contribution is -2.50. The highest BCUT2D eigenvalue weighted by molar-refractivity contribution is 5.86. The molecule has 0 saturated carbocycles. The third-order valence-electron chi connectivity index (χ3n) is 2.71. The monoisotopic (exact) mass is 337 g/mol. The predicted octanol–water partition coefficient (Wildman–Crippen LogP) is 0.671. The Kier molecular flexibility index (Phi) is 7.09. The van der Waals surface area contributed by atoms with Crippen LogP contribution < -0.4 is 0 Å². The lowest BCUT2D eigenvalue weighted by atomic mass is 10.2. The quantitative estimate of drug-likeness (QED) is 0.459. The summed E-state index contributed by atoms with van der Waals surface area (Å²) in [6, 6.07) is -1.16. The Labute approximate surface area is 128 Å². The average Bonchev–Trinajstić information content (AvgIpc) is 2.38. The minimum atomic E-state index is -1.81. The van der Waals surface area contributed by atoms with Gasteiger partial charge in [-0.05, 0) is 6.92 Å². The molecule has 13 heteroatoms. The first-order chi connectivity index (χ1) is 10.5. The molecule has 0 aromatic carbocycles. The van der Waals surface area contributed by atoms with E-state index in [0.717, 1.165) is 0 Å². The van der Waals surface area contributed by atoms with Crippen molar-refractivity contribution in [3.63, 3.8) is 0 Å². The van der Waals surface area contributed by atoms with Crippen molar-refractivity contribution < 1.29 is 49.5 Å². The molecular formula is C10H15N3O10. The van der Waals surface area contributed by atoms with Gasteiger partial charge in [0.2, 0.25) is 0 Å². The van der Waals surface area contributed by atoms with Crippen LogP contribution in [-0.4, -0.2) is 96.4 Å². The average molecular weight is 337 g/mol. The van der Waals surface area contributed by atoms with E-state index in [1.807, 2.05) is 0 Å². The van der Waals surface area contributed by atoms with Gasteiger partial charge in [0.25, 0.3) is 0 Å². The Morgan fingerprint density at radius 1 is 0.696 bits per heavy atom. The molecule has 0 spiro atoms. The largest absolute Gasteiger partial charge is 0.465 e. The molecular weight excluding hydrogens is 322 g/mol. The Hall–Kier alpha value is -3.25. The molecule has 0 aromatic rings. The number of nitrogens with zero attached hydrogens (tertiary/aromatic N) is 3. The summed E-state index contributed by atoms with van der Waals surface area (Å²) in [7, 11) is 0. The van der Waals surface area contributed by atoms with E-state index in [-0.39, 0.29) is 9.80 Å². The highest BCUT2D eigenvalue weighted by Gasteiger charge is 2.29. The first-order valence-corrected chi connectivity index (χ1v) is 5.95. The van der Waals surface area contributed by atoms with Gasteiger partial charge in [0.1, 0.15) is 0 Å². The van der Waals surface area contributed by atoms with Gasteiger partial charge in [0, 0.05) is 6.54 Å². The number of carbonyl (C=O) groups is 5. The normalized spacial score (nSPS) is 11.2. The molecule has 1 unspecified atom stereocenters. The van der Waals surface area contributed by atoms with Gasteiger partial charge in [-0.1, -0.05) is 0 Å². The zero-order chi connectivity index (χ0) is 18.3. The maximum Gasteiger partial charge on any atom is 0.416 e. The van der Waals surface area contributed by atoms with Crippen LogP contribution in [0.4, 0.5) is 24.0 Å². The summed E-state index contributed by atoms with van der Waals surface area (Å²) in [6.07, 6.45) is -8.84. The van der Waals surface area contributed by atoms with Crippen LogP contribution in [0.5, 0.6) is 0 Å². The summed E-state index contributed by atoms with van der Waals surface area (Å²) in [4.78, 5) is 54.3. The van der Waals surface area contributed by atoms with Gasteiger partial charge in [-0.2, -0.15) is 0 Å². The van der Waals surface area contributed by atoms with Crippen molar-refractivity contribution in [3.05, 3.63) is 0 Å². The SMILES string of the molecule is CC(CN(C(=O)O)C(=O)O)N(CCN(C(=O)O)C(=O)O)C(=O)O. The van der Waals surface area contributed by atoms with Crippen LogP contribution >= 0.6 is 0 Å². The van der Waals surface area contributed by atoms with Gasteiger partial charge in [-0.15, -0.1) is 0 Å². The van der Waals surface area contributed by atoms with E-state index in [9.17, 15) is 24.0 Å². The first-order valence-electron chi connectivity index (χ1n) is 5.95. The van der Waals surface area contributed by atoms with E-state index >= 15 is 0 Å². The number of hydrogen-bond acceptors (Lipinski definition) is 5. The molecule has 0 saturated heterocycles. The highest BCUT2D eigenvalue weighted by Crippen LogP contribution is 2.05. The molecule has 0 aliphatic rings. The van der Waals surface area contributed by atoms with Crippen LogP contribution in [0.3, 0.4) is 0 Å². The fourth-order valence-corrected chi connectivity index (χ4v) is 1.59. The number of rotatable bonds is 6. The molecule has 0 aliphatic carbocycles. The molecule has 0 rings (SSSR count). The third kappa shape index (κ3) is 5.94. The van der Waals surface area contributed by atoms with E-state index in [2.05, 4.69) is 0 Å². The van der Waals surface area contributed by atoms with Crippen molar-refractivity contribution in [2.75, 3.05) is 19.6 Å². The van der Waals surface area contributed by atoms with Gasteiger partial charge in [-0.3, -0.25) is 0 Å². The van der Waals surface area contributed by atoms with Gasteiger partial charge in [0.05, 0.1) is 19.1 Å². The van der Waals surface area contributed by atoms with Crippen molar-refractivity contribution >= 4 is 30.5 Å². The van der Waals surface area contributed by atoms with Gasteiger partial charge < -0.3 is 30.4 Å². The molecule has 5 N–H and O–H groups in total. The summed E-state index contributed by atoms with van der Waals surface area (Å²) in [6.45, 7) is -0.848. The second-order valence-electron chi connectivity index (χ2n) is 4.22. The molecule has 5 amide bonds. The summed E-state index contributed by atoms with van der Waals surface area (Å²) in [5, 5.41) is 43.7. The zero-order valence-electron chi connectivity index (χ0n) is 11.8. The molecule has 0 aromatic heterocycles. The minimum Gasteiger partial charge on any atom is -0.465 e. The smallest absolute Gasteiger partial charge is 0.416 e. The summed E-state index contributed by atoms with van der Waals surface area (Å²) in [5.74, 6) is 0. The van der Waals surface area contributed by atoms with Crippen molar-refractivity contribution in [3.8, 4) is 0 Å². The maximum atomic E-state index is 11.1. The molecule has 0 heterocycles. The number of imide groups is 2. The lowest BCUT2D eigenvalue weighted by Gasteiger charge is -2.29. The van der Waals surface area contributed by atoms with Crippen molar-refractivity contribution in [1.29, 1.82) is 0 Å². The molecule has 0 radical (unpaired) electrons. The Morgan fingerprint density at radius 3 is 1.39 bits per heavy atom. The van der Waals surface area contributed by atoms with E-state index in [1.165, 1.54) is 6.92 Å². The van der Waals surface area contributed by atoms with Crippen LogP contribution in [0, 0.1) is 0 Å². The minimum absolute atomic E-state index is 0.0488. The fraction of sp³-hybridized carbons (Fsp3) is 0.500. The Balaban J connectivity index is 5.01. The van der Waals surface area contributed by atoms with Gasteiger partial charge >= 0.3 is 30.5 Å². The molecule has 13 nitrogen and oxygen atoms in total. The second-order valence-corrected chi connectivity index (χ2v) is 4.22.